The lowest BCUT2D eigenvalue weighted by Gasteiger charge is -2.32. The van der Waals surface area contributed by atoms with E-state index in [2.05, 4.69) is 5.32 Å². The number of amides is 2. The molecule has 1 heterocycles. The molecule has 0 aromatic heterocycles. The van der Waals surface area contributed by atoms with Crippen LogP contribution in [0.2, 0.25) is 5.02 Å². The lowest BCUT2D eigenvalue weighted by atomic mass is 10.0. The van der Waals surface area contributed by atoms with Crippen LogP contribution in [0.5, 0.6) is 11.5 Å². The second kappa shape index (κ2) is 9.65. The lowest BCUT2D eigenvalue weighted by molar-refractivity contribution is -0.121. The van der Waals surface area contributed by atoms with Crippen LogP contribution in [-0.2, 0) is 11.2 Å². The van der Waals surface area contributed by atoms with Crippen LogP contribution in [0, 0.1) is 0 Å². The number of carbonyl (C=O) groups is 2. The predicted octanol–water partition coefficient (Wildman–Crippen LogP) is 3.32. The van der Waals surface area contributed by atoms with E-state index in [-0.39, 0.29) is 17.9 Å². The van der Waals surface area contributed by atoms with Gasteiger partial charge in [0, 0.05) is 35.8 Å². The van der Waals surface area contributed by atoms with Crippen molar-refractivity contribution in [3.63, 3.8) is 0 Å². The van der Waals surface area contributed by atoms with Gasteiger partial charge in [0.2, 0.25) is 5.91 Å². The summed E-state index contributed by atoms with van der Waals surface area (Å²) >= 11 is 5.87. The van der Waals surface area contributed by atoms with E-state index >= 15 is 0 Å². The SMILES string of the molecule is COc1cc(OC)cc(C(=O)N2CCC(NC(=O)Cc3ccc(Cl)cc3)CC2)c1. The first-order chi connectivity index (χ1) is 14.0. The first-order valence-corrected chi connectivity index (χ1v) is 9.92. The summed E-state index contributed by atoms with van der Waals surface area (Å²) < 4.78 is 10.5. The zero-order chi connectivity index (χ0) is 20.8. The highest BCUT2D eigenvalue weighted by molar-refractivity contribution is 6.30. The Labute approximate surface area is 175 Å². The summed E-state index contributed by atoms with van der Waals surface area (Å²) in [7, 11) is 3.11. The van der Waals surface area contributed by atoms with Crippen LogP contribution in [0.25, 0.3) is 0 Å². The number of piperidine rings is 1. The fraction of sp³-hybridized carbons (Fsp3) is 0.364. The van der Waals surface area contributed by atoms with Gasteiger partial charge in [-0.3, -0.25) is 9.59 Å². The fourth-order valence-electron chi connectivity index (χ4n) is 3.41. The molecule has 1 N–H and O–H groups in total. The fourth-order valence-corrected chi connectivity index (χ4v) is 3.53. The van der Waals surface area contributed by atoms with Gasteiger partial charge in [-0.1, -0.05) is 23.7 Å². The van der Waals surface area contributed by atoms with Crippen molar-refractivity contribution in [2.75, 3.05) is 27.3 Å². The molecule has 29 heavy (non-hydrogen) atoms. The molecule has 0 saturated carbocycles. The van der Waals surface area contributed by atoms with Crippen molar-refractivity contribution in [1.82, 2.24) is 10.2 Å². The molecular formula is C22H25ClN2O4. The van der Waals surface area contributed by atoms with Gasteiger partial charge in [-0.2, -0.15) is 0 Å². The molecule has 1 fully saturated rings. The Morgan fingerprint density at radius 2 is 1.62 bits per heavy atom. The average molecular weight is 417 g/mol. The minimum Gasteiger partial charge on any atom is -0.497 e. The molecule has 2 amide bonds. The van der Waals surface area contributed by atoms with Crippen LogP contribution in [0.4, 0.5) is 0 Å². The van der Waals surface area contributed by atoms with E-state index in [9.17, 15) is 9.59 Å². The lowest BCUT2D eigenvalue weighted by Crippen LogP contribution is -2.46. The van der Waals surface area contributed by atoms with Crippen LogP contribution in [0.3, 0.4) is 0 Å². The van der Waals surface area contributed by atoms with Crippen LogP contribution < -0.4 is 14.8 Å². The highest BCUT2D eigenvalue weighted by Crippen LogP contribution is 2.24. The number of hydrogen-bond acceptors (Lipinski definition) is 4. The largest absolute Gasteiger partial charge is 0.497 e. The number of carbonyl (C=O) groups excluding carboxylic acids is 2. The molecule has 0 atom stereocenters. The number of likely N-dealkylation sites (tertiary alicyclic amines) is 1. The molecule has 3 rings (SSSR count). The van der Waals surface area contributed by atoms with Crippen LogP contribution >= 0.6 is 11.6 Å². The van der Waals surface area contributed by atoms with E-state index in [0.29, 0.717) is 41.6 Å². The molecule has 0 unspecified atom stereocenters. The Kier molecular flexibility index (Phi) is 6.99. The van der Waals surface area contributed by atoms with Crippen molar-refractivity contribution >= 4 is 23.4 Å². The normalized spacial score (nSPS) is 14.4. The minimum absolute atomic E-state index is 0.0189. The average Bonchev–Trinajstić information content (AvgIpc) is 2.75. The molecule has 1 saturated heterocycles. The third-order valence-electron chi connectivity index (χ3n) is 5.02. The summed E-state index contributed by atoms with van der Waals surface area (Å²) in [4.78, 5) is 26.9. The minimum atomic E-state index is -0.0619. The number of rotatable bonds is 6. The molecule has 2 aromatic rings. The number of methoxy groups -OCH3 is 2. The highest BCUT2D eigenvalue weighted by Gasteiger charge is 2.25. The summed E-state index contributed by atoms with van der Waals surface area (Å²) in [6.07, 6.45) is 1.76. The second-order valence-electron chi connectivity index (χ2n) is 7.04. The van der Waals surface area contributed by atoms with Gasteiger partial charge in [0.05, 0.1) is 20.6 Å². The Balaban J connectivity index is 1.52. The first kappa shape index (κ1) is 21.0. The van der Waals surface area contributed by atoms with Gasteiger partial charge in [0.25, 0.3) is 5.91 Å². The van der Waals surface area contributed by atoms with Gasteiger partial charge in [0.1, 0.15) is 11.5 Å². The molecule has 154 valence electrons. The van der Waals surface area contributed by atoms with Gasteiger partial charge >= 0.3 is 0 Å². The number of hydrogen-bond donors (Lipinski definition) is 1. The molecule has 2 aromatic carbocycles. The molecular weight excluding hydrogens is 392 g/mol. The first-order valence-electron chi connectivity index (χ1n) is 9.54. The summed E-state index contributed by atoms with van der Waals surface area (Å²) in [5.41, 5.74) is 1.46. The van der Waals surface area contributed by atoms with E-state index in [1.807, 2.05) is 12.1 Å². The molecule has 6 nitrogen and oxygen atoms in total. The Morgan fingerprint density at radius 1 is 1.03 bits per heavy atom. The summed E-state index contributed by atoms with van der Waals surface area (Å²) in [5, 5.41) is 3.72. The molecule has 1 aliphatic rings. The molecule has 0 aliphatic carbocycles. The topological polar surface area (TPSA) is 67.9 Å². The van der Waals surface area contributed by atoms with Crippen LogP contribution in [-0.4, -0.2) is 50.1 Å². The zero-order valence-electron chi connectivity index (χ0n) is 16.6. The smallest absolute Gasteiger partial charge is 0.254 e. The summed E-state index contributed by atoms with van der Waals surface area (Å²) in [6.45, 7) is 1.18. The quantitative estimate of drug-likeness (QED) is 0.784. The molecule has 0 spiro atoms. The van der Waals surface area contributed by atoms with E-state index in [1.54, 1.807) is 49.5 Å². The molecule has 0 bridgehead atoms. The van der Waals surface area contributed by atoms with Gasteiger partial charge in [-0.15, -0.1) is 0 Å². The highest BCUT2D eigenvalue weighted by atomic mass is 35.5. The molecule has 7 heteroatoms. The third kappa shape index (κ3) is 5.64. The van der Waals surface area contributed by atoms with Crippen LogP contribution in [0.1, 0.15) is 28.8 Å². The number of nitrogens with zero attached hydrogens (tertiary/aromatic N) is 1. The van der Waals surface area contributed by atoms with E-state index in [1.165, 1.54) is 0 Å². The van der Waals surface area contributed by atoms with Crippen molar-refractivity contribution < 1.29 is 19.1 Å². The molecule has 1 aliphatic heterocycles. The van der Waals surface area contributed by atoms with Crippen molar-refractivity contribution in [3.05, 3.63) is 58.6 Å². The zero-order valence-corrected chi connectivity index (χ0v) is 17.4. The van der Waals surface area contributed by atoms with Crippen LogP contribution in [0.15, 0.2) is 42.5 Å². The number of ether oxygens (including phenoxy) is 2. The van der Waals surface area contributed by atoms with E-state index in [0.717, 1.165) is 18.4 Å². The van der Waals surface area contributed by atoms with Crippen molar-refractivity contribution in [3.8, 4) is 11.5 Å². The van der Waals surface area contributed by atoms with Crippen molar-refractivity contribution in [1.29, 1.82) is 0 Å². The maximum absolute atomic E-state index is 12.9. The maximum Gasteiger partial charge on any atom is 0.254 e. The second-order valence-corrected chi connectivity index (χ2v) is 7.48. The van der Waals surface area contributed by atoms with Gasteiger partial charge in [0.15, 0.2) is 0 Å². The van der Waals surface area contributed by atoms with Gasteiger partial charge in [-0.25, -0.2) is 0 Å². The van der Waals surface area contributed by atoms with Crippen molar-refractivity contribution in [2.24, 2.45) is 0 Å². The number of halogens is 1. The Bertz CT molecular complexity index is 839. The van der Waals surface area contributed by atoms with Gasteiger partial charge in [-0.05, 0) is 42.7 Å². The summed E-state index contributed by atoms with van der Waals surface area (Å²) in [6, 6.07) is 12.5. The number of nitrogens with one attached hydrogen (secondary N) is 1. The third-order valence-corrected chi connectivity index (χ3v) is 5.28. The van der Waals surface area contributed by atoms with Gasteiger partial charge < -0.3 is 19.7 Å². The monoisotopic (exact) mass is 416 g/mol. The van der Waals surface area contributed by atoms with Crippen molar-refractivity contribution in [2.45, 2.75) is 25.3 Å². The van der Waals surface area contributed by atoms with E-state index < -0.39 is 0 Å². The number of benzene rings is 2. The summed E-state index contributed by atoms with van der Waals surface area (Å²) in [5.74, 6) is 1.08. The standard InChI is InChI=1S/C22H25ClN2O4/c1-28-19-12-16(13-20(14-19)29-2)22(27)25-9-7-18(8-10-25)24-21(26)11-15-3-5-17(23)6-4-15/h3-6,12-14,18H,7-11H2,1-2H3,(H,24,26). The van der Waals surface area contributed by atoms with E-state index in [4.69, 9.17) is 21.1 Å². The maximum atomic E-state index is 12.9. The molecule has 0 radical (unpaired) electrons. The Hall–Kier alpha value is -2.73. The Morgan fingerprint density at radius 3 is 2.17 bits per heavy atom. The predicted molar refractivity (Wildman–Crippen MR) is 112 cm³/mol.